The van der Waals surface area contributed by atoms with Crippen molar-refractivity contribution in [3.8, 4) is 5.75 Å². The number of halogens is 2. The van der Waals surface area contributed by atoms with E-state index < -0.39 is 77.6 Å². The molecule has 0 spiro atoms. The number of β-lactam (4-membered cyclic amide) rings is 1. The van der Waals surface area contributed by atoms with Gasteiger partial charge in [0.2, 0.25) is 5.91 Å². The Morgan fingerprint density at radius 1 is 0.846 bits per heavy atom. The third-order valence-corrected chi connectivity index (χ3v) is 9.11. The molecule has 0 saturated carbocycles. The summed E-state index contributed by atoms with van der Waals surface area (Å²) in [6, 6.07) is 17.7. The highest BCUT2D eigenvalue weighted by Crippen LogP contribution is 2.45. The number of nitrogens with zero attached hydrogens (tertiary/aromatic N) is 1. The number of amides is 1. The zero-order valence-electron chi connectivity index (χ0n) is 28.7. The summed E-state index contributed by atoms with van der Waals surface area (Å²) in [6.07, 6.45) is -3.17. The van der Waals surface area contributed by atoms with E-state index in [2.05, 4.69) is 0 Å². The van der Waals surface area contributed by atoms with E-state index in [0.29, 0.717) is 23.4 Å². The number of hydrogen-bond donors (Lipinski definition) is 1. The average molecular weight is 724 g/mol. The van der Waals surface area contributed by atoms with Crippen molar-refractivity contribution in [2.75, 3.05) is 24.7 Å². The zero-order valence-corrected chi connectivity index (χ0v) is 28.7. The van der Waals surface area contributed by atoms with Crippen molar-refractivity contribution < 1.29 is 61.5 Å². The first-order chi connectivity index (χ1) is 24.8. The van der Waals surface area contributed by atoms with Crippen molar-refractivity contribution in [2.24, 2.45) is 17.8 Å². The second-order valence-corrected chi connectivity index (χ2v) is 12.7. The highest BCUT2D eigenvalue weighted by atomic mass is 19.1. The van der Waals surface area contributed by atoms with Crippen molar-refractivity contribution in [1.29, 1.82) is 0 Å². The molecular weight excluding hydrogens is 684 g/mol. The summed E-state index contributed by atoms with van der Waals surface area (Å²) in [7, 11) is 0. The first-order valence-electron chi connectivity index (χ1n) is 16.7. The molecule has 0 radical (unpaired) electrons. The summed E-state index contributed by atoms with van der Waals surface area (Å²) in [5, 5.41) is 10.4. The average Bonchev–Trinajstić information content (AvgIpc) is 3.09. The van der Waals surface area contributed by atoms with Crippen LogP contribution in [0.25, 0.3) is 0 Å². The van der Waals surface area contributed by atoms with Crippen molar-refractivity contribution in [1.82, 2.24) is 0 Å². The number of carbonyl (C=O) groups is 5. The van der Waals surface area contributed by atoms with Crippen LogP contribution in [-0.4, -0.2) is 73.0 Å². The summed E-state index contributed by atoms with van der Waals surface area (Å²) >= 11 is 0. The van der Waals surface area contributed by atoms with E-state index >= 15 is 0 Å². The Morgan fingerprint density at radius 3 is 2.02 bits per heavy atom. The molecule has 12 nitrogen and oxygen atoms in total. The van der Waals surface area contributed by atoms with Gasteiger partial charge < -0.3 is 33.7 Å². The molecule has 2 aliphatic rings. The van der Waals surface area contributed by atoms with Crippen LogP contribution in [0, 0.1) is 29.4 Å². The zero-order chi connectivity index (χ0) is 37.5. The van der Waals surface area contributed by atoms with E-state index in [-0.39, 0.29) is 32.1 Å². The van der Waals surface area contributed by atoms with Gasteiger partial charge in [0, 0.05) is 32.4 Å². The lowest BCUT2D eigenvalue weighted by Crippen LogP contribution is -2.58. The van der Waals surface area contributed by atoms with E-state index in [1.165, 1.54) is 55.5 Å². The lowest BCUT2D eigenvalue weighted by atomic mass is 9.78. The van der Waals surface area contributed by atoms with E-state index in [1.807, 2.05) is 0 Å². The smallest absolute Gasteiger partial charge is 0.307 e. The van der Waals surface area contributed by atoms with Crippen molar-refractivity contribution in [3.05, 3.63) is 95.6 Å². The molecule has 5 rings (SSSR count). The number of ether oxygens (including phenoxy) is 5. The normalized spacial score (nSPS) is 23.2. The summed E-state index contributed by atoms with van der Waals surface area (Å²) in [6.45, 7) is 3.15. The SMILES string of the molecule is CC(=O)OC[C@H]1OC[C@H]([C@@H](Cc2ccc([C@@H]3[C@H](CCOc4ccc(F)cc4)C(=O)N3c3ccc(F)cc3)cc2)C(=O)O)[C@@H](OC(C)=O)[C@H]1OC(C)=O. The number of carboxylic acids is 1. The molecule has 0 unspecified atom stereocenters. The lowest BCUT2D eigenvalue weighted by molar-refractivity contribution is -0.220. The van der Waals surface area contributed by atoms with Crippen LogP contribution in [0.2, 0.25) is 0 Å². The molecule has 2 saturated heterocycles. The fraction of sp³-hybridized carbons (Fsp3) is 0.395. The van der Waals surface area contributed by atoms with Gasteiger partial charge in [-0.1, -0.05) is 24.3 Å². The van der Waals surface area contributed by atoms with Crippen molar-refractivity contribution >= 4 is 35.5 Å². The van der Waals surface area contributed by atoms with E-state index in [1.54, 1.807) is 29.2 Å². The molecule has 3 aromatic carbocycles. The Hall–Kier alpha value is -5.37. The minimum Gasteiger partial charge on any atom is -0.494 e. The molecule has 1 amide bonds. The van der Waals surface area contributed by atoms with E-state index in [0.717, 1.165) is 19.4 Å². The Labute approximate surface area is 298 Å². The maximum absolute atomic E-state index is 13.7. The molecule has 0 aliphatic carbocycles. The molecule has 2 fully saturated rings. The number of esters is 3. The summed E-state index contributed by atoms with van der Waals surface area (Å²) in [5.74, 6) is -6.47. The second-order valence-electron chi connectivity index (χ2n) is 12.7. The number of carboxylic acid groups (broad SMARTS) is 1. The van der Waals surface area contributed by atoms with Crippen LogP contribution in [0.15, 0.2) is 72.8 Å². The highest BCUT2D eigenvalue weighted by molar-refractivity contribution is 6.03. The number of anilines is 1. The van der Waals surface area contributed by atoms with Crippen LogP contribution in [0.3, 0.4) is 0 Å². The lowest BCUT2D eigenvalue weighted by Gasteiger charge is -2.47. The third kappa shape index (κ3) is 9.10. The molecule has 0 aromatic heterocycles. The molecule has 2 aliphatic heterocycles. The quantitative estimate of drug-likeness (QED) is 0.138. The molecule has 3 aromatic rings. The van der Waals surface area contributed by atoms with Gasteiger partial charge >= 0.3 is 23.9 Å². The van der Waals surface area contributed by atoms with Gasteiger partial charge in [-0.3, -0.25) is 24.0 Å². The molecule has 52 heavy (non-hydrogen) atoms. The maximum atomic E-state index is 13.7. The van der Waals surface area contributed by atoms with Gasteiger partial charge in [-0.15, -0.1) is 0 Å². The number of carbonyl (C=O) groups excluding carboxylic acids is 4. The van der Waals surface area contributed by atoms with Gasteiger partial charge in [-0.2, -0.15) is 0 Å². The topological polar surface area (TPSA) is 155 Å². The Morgan fingerprint density at radius 2 is 1.44 bits per heavy atom. The maximum Gasteiger partial charge on any atom is 0.307 e. The molecule has 7 atom stereocenters. The monoisotopic (exact) mass is 723 g/mol. The Balaban J connectivity index is 1.36. The number of hydrogen-bond acceptors (Lipinski definition) is 10. The number of aliphatic carboxylic acids is 1. The number of benzene rings is 3. The first-order valence-corrected chi connectivity index (χ1v) is 16.7. The van der Waals surface area contributed by atoms with Crippen LogP contribution in [-0.2, 0) is 49.3 Å². The summed E-state index contributed by atoms with van der Waals surface area (Å²) < 4.78 is 54.8. The molecule has 14 heteroatoms. The van der Waals surface area contributed by atoms with Crippen LogP contribution in [0.1, 0.15) is 44.4 Å². The number of rotatable bonds is 14. The van der Waals surface area contributed by atoms with Gasteiger partial charge in [0.25, 0.3) is 0 Å². The molecule has 276 valence electrons. The highest BCUT2D eigenvalue weighted by Gasteiger charge is 2.50. The van der Waals surface area contributed by atoms with Gasteiger partial charge in [-0.25, -0.2) is 8.78 Å². The Kier molecular flexibility index (Phi) is 12.2. The van der Waals surface area contributed by atoms with Crippen LogP contribution in [0.5, 0.6) is 5.75 Å². The molecule has 1 N–H and O–H groups in total. The molecule has 2 heterocycles. The molecule has 0 bridgehead atoms. The van der Waals surface area contributed by atoms with Gasteiger partial charge in [0.1, 0.15) is 36.2 Å². The van der Waals surface area contributed by atoms with Crippen molar-refractivity contribution in [3.63, 3.8) is 0 Å². The van der Waals surface area contributed by atoms with Crippen LogP contribution in [0.4, 0.5) is 14.5 Å². The van der Waals surface area contributed by atoms with Crippen LogP contribution >= 0.6 is 0 Å². The van der Waals surface area contributed by atoms with Gasteiger partial charge in [-0.05, 0) is 72.5 Å². The molecular formula is C38H39F2NO11. The summed E-state index contributed by atoms with van der Waals surface area (Å²) in [5.41, 5.74) is 1.86. The van der Waals surface area contributed by atoms with Crippen LogP contribution < -0.4 is 9.64 Å². The minimum atomic E-state index is -1.25. The predicted molar refractivity (Wildman–Crippen MR) is 179 cm³/mol. The van der Waals surface area contributed by atoms with E-state index in [4.69, 9.17) is 23.7 Å². The van der Waals surface area contributed by atoms with Gasteiger partial charge in [0.15, 0.2) is 6.10 Å². The summed E-state index contributed by atoms with van der Waals surface area (Å²) in [4.78, 5) is 63.5. The second kappa shape index (κ2) is 16.8. The minimum absolute atomic E-state index is 0.0248. The predicted octanol–water partition coefficient (Wildman–Crippen LogP) is 4.82. The third-order valence-electron chi connectivity index (χ3n) is 9.11. The first kappa shape index (κ1) is 37.9. The van der Waals surface area contributed by atoms with E-state index in [9.17, 15) is 37.9 Å². The largest absolute Gasteiger partial charge is 0.494 e. The fourth-order valence-corrected chi connectivity index (χ4v) is 6.71. The van der Waals surface area contributed by atoms with Gasteiger partial charge in [0.05, 0.1) is 31.1 Å². The standard InChI is InChI=1S/C38H39F2NO11/c1-21(42)49-20-33-36(52-23(3)44)35(51-22(2)43)32(19-50-33)31(38(46)47)18-24-4-6-25(7-5-24)34-30(16-17-48-29-14-10-27(40)11-15-29)37(45)41(34)28-12-8-26(39)9-13-28/h4-15,30-36H,16-20H2,1-3H3,(H,46,47)/t30-,31+,32+,33+,34+,35+,36-/m0/s1. The van der Waals surface area contributed by atoms with Crippen molar-refractivity contribution in [2.45, 2.75) is 58.0 Å². The Bertz CT molecular complexity index is 1750. The fourth-order valence-electron chi connectivity index (χ4n) is 6.71.